The number of aryl methyl sites for hydroxylation is 1. The van der Waals surface area contributed by atoms with Crippen molar-refractivity contribution in [1.82, 2.24) is 16.0 Å². The van der Waals surface area contributed by atoms with Crippen molar-refractivity contribution in [1.29, 1.82) is 0 Å². The van der Waals surface area contributed by atoms with Crippen molar-refractivity contribution >= 4 is 11.9 Å². The summed E-state index contributed by atoms with van der Waals surface area (Å²) in [5.74, 6) is 0.269. The predicted octanol–water partition coefficient (Wildman–Crippen LogP) is 2.36. The molecule has 0 atom stereocenters. The molecule has 0 saturated heterocycles. The van der Waals surface area contributed by atoms with E-state index < -0.39 is 0 Å². The lowest BCUT2D eigenvalue weighted by Gasteiger charge is -2.13. The van der Waals surface area contributed by atoms with Gasteiger partial charge in [-0.25, -0.2) is 4.39 Å². The van der Waals surface area contributed by atoms with Crippen molar-refractivity contribution in [3.63, 3.8) is 0 Å². The zero-order valence-electron chi connectivity index (χ0n) is 14.7. The van der Waals surface area contributed by atoms with Gasteiger partial charge >= 0.3 is 0 Å². The molecule has 0 bridgehead atoms. The molecule has 2 aromatic carbocycles. The molecule has 0 spiro atoms. The summed E-state index contributed by atoms with van der Waals surface area (Å²) in [6.07, 6.45) is 0. The fourth-order valence-corrected chi connectivity index (χ4v) is 2.31. The Kier molecular flexibility index (Phi) is 6.51. The number of halogens is 1. The van der Waals surface area contributed by atoms with Crippen molar-refractivity contribution < 1.29 is 9.18 Å². The summed E-state index contributed by atoms with van der Waals surface area (Å²) < 4.78 is 13.6. The molecule has 0 unspecified atom stereocenters. The molecule has 0 fully saturated rings. The Morgan fingerprint density at radius 1 is 1.08 bits per heavy atom. The molecule has 6 heteroatoms. The summed E-state index contributed by atoms with van der Waals surface area (Å²) in [6, 6.07) is 12.5. The largest absolute Gasteiger partial charge is 0.355 e. The first-order valence-electron chi connectivity index (χ1n) is 8.04. The molecule has 25 heavy (non-hydrogen) atoms. The maximum Gasteiger partial charge on any atom is 0.251 e. The Bertz CT molecular complexity index is 774. The van der Waals surface area contributed by atoms with Crippen molar-refractivity contribution in [3.05, 3.63) is 70.5 Å². The second kappa shape index (κ2) is 8.82. The number of nitrogens with zero attached hydrogens (tertiary/aromatic N) is 1. The fourth-order valence-electron chi connectivity index (χ4n) is 2.31. The highest BCUT2D eigenvalue weighted by molar-refractivity contribution is 5.94. The van der Waals surface area contributed by atoms with Gasteiger partial charge in [0.2, 0.25) is 0 Å². The highest BCUT2D eigenvalue weighted by Gasteiger charge is 2.05. The number of carbonyl (C=O) groups excluding carboxylic acids is 1. The topological polar surface area (TPSA) is 65.5 Å². The molecule has 0 saturated carbocycles. The van der Waals surface area contributed by atoms with E-state index in [9.17, 15) is 9.18 Å². The van der Waals surface area contributed by atoms with Crippen molar-refractivity contribution in [2.75, 3.05) is 14.1 Å². The molecule has 2 aromatic rings. The Morgan fingerprint density at radius 2 is 1.76 bits per heavy atom. The van der Waals surface area contributed by atoms with E-state index in [4.69, 9.17) is 0 Å². The molecule has 132 valence electrons. The van der Waals surface area contributed by atoms with Crippen LogP contribution < -0.4 is 16.0 Å². The Labute approximate surface area is 147 Å². The van der Waals surface area contributed by atoms with Gasteiger partial charge in [0.25, 0.3) is 5.91 Å². The van der Waals surface area contributed by atoms with Gasteiger partial charge in [0.1, 0.15) is 5.82 Å². The van der Waals surface area contributed by atoms with Crippen LogP contribution in [0.4, 0.5) is 4.39 Å². The van der Waals surface area contributed by atoms with Crippen LogP contribution in [0.5, 0.6) is 0 Å². The van der Waals surface area contributed by atoms with Gasteiger partial charge in [-0.05, 0) is 41.8 Å². The first-order chi connectivity index (χ1) is 12.0. The summed E-state index contributed by atoms with van der Waals surface area (Å²) >= 11 is 0. The monoisotopic (exact) mass is 342 g/mol. The van der Waals surface area contributed by atoms with Gasteiger partial charge < -0.3 is 16.0 Å². The van der Waals surface area contributed by atoms with Crippen LogP contribution in [0.25, 0.3) is 0 Å². The number of benzene rings is 2. The van der Waals surface area contributed by atoms with E-state index in [-0.39, 0.29) is 11.7 Å². The molecule has 0 heterocycles. The van der Waals surface area contributed by atoms with Gasteiger partial charge in [-0.2, -0.15) is 0 Å². The third-order valence-corrected chi connectivity index (χ3v) is 3.80. The first-order valence-corrected chi connectivity index (χ1v) is 8.04. The van der Waals surface area contributed by atoms with Crippen LogP contribution in [0.3, 0.4) is 0 Å². The molecule has 5 nitrogen and oxygen atoms in total. The maximum atomic E-state index is 13.6. The van der Waals surface area contributed by atoms with Gasteiger partial charge in [0, 0.05) is 32.7 Å². The predicted molar refractivity (Wildman–Crippen MR) is 98.0 cm³/mol. The smallest absolute Gasteiger partial charge is 0.251 e. The summed E-state index contributed by atoms with van der Waals surface area (Å²) in [4.78, 5) is 15.8. The zero-order chi connectivity index (χ0) is 18.2. The summed E-state index contributed by atoms with van der Waals surface area (Å²) in [7, 11) is 3.28. The van der Waals surface area contributed by atoms with E-state index >= 15 is 0 Å². The van der Waals surface area contributed by atoms with E-state index in [2.05, 4.69) is 20.9 Å². The number of amides is 1. The molecular weight excluding hydrogens is 319 g/mol. The maximum absolute atomic E-state index is 13.6. The number of carbonyl (C=O) groups is 1. The van der Waals surface area contributed by atoms with Gasteiger partial charge in [-0.15, -0.1) is 0 Å². The number of guanidine groups is 1. The van der Waals surface area contributed by atoms with Crippen LogP contribution in [-0.2, 0) is 13.1 Å². The molecule has 0 aliphatic rings. The average Bonchev–Trinajstić information content (AvgIpc) is 2.64. The normalized spacial score (nSPS) is 11.1. The van der Waals surface area contributed by atoms with Crippen LogP contribution >= 0.6 is 0 Å². The Balaban J connectivity index is 1.92. The highest BCUT2D eigenvalue weighted by atomic mass is 19.1. The molecule has 0 aliphatic carbocycles. The van der Waals surface area contributed by atoms with E-state index in [0.717, 1.165) is 11.1 Å². The quantitative estimate of drug-likeness (QED) is 0.577. The lowest BCUT2D eigenvalue weighted by atomic mass is 10.1. The molecule has 1 amide bonds. The number of hydrogen-bond acceptors (Lipinski definition) is 2. The van der Waals surface area contributed by atoms with Crippen molar-refractivity contribution in [2.24, 2.45) is 4.99 Å². The minimum Gasteiger partial charge on any atom is -0.355 e. The fraction of sp³-hybridized carbons (Fsp3) is 0.263. The zero-order valence-corrected chi connectivity index (χ0v) is 14.7. The Hall–Kier alpha value is -2.89. The van der Waals surface area contributed by atoms with E-state index in [1.807, 2.05) is 24.3 Å². The minimum atomic E-state index is -0.215. The molecule has 0 aliphatic heterocycles. The molecular formula is C19H23FN4O. The van der Waals surface area contributed by atoms with Gasteiger partial charge in [0.15, 0.2) is 5.96 Å². The first kappa shape index (κ1) is 18.4. The van der Waals surface area contributed by atoms with Crippen LogP contribution in [0.15, 0.2) is 47.5 Å². The van der Waals surface area contributed by atoms with Crippen molar-refractivity contribution in [2.45, 2.75) is 20.0 Å². The SMILES string of the molecule is CN=C(NCc1cccc(C(=O)NC)c1)NCc1ccc(C)c(F)c1. The lowest BCUT2D eigenvalue weighted by molar-refractivity contribution is 0.0963. The van der Waals surface area contributed by atoms with E-state index in [0.29, 0.717) is 30.2 Å². The lowest BCUT2D eigenvalue weighted by Crippen LogP contribution is -2.36. The summed E-state index contributed by atoms with van der Waals surface area (Å²) in [5, 5.41) is 8.93. The van der Waals surface area contributed by atoms with Crippen LogP contribution in [0.1, 0.15) is 27.0 Å². The third-order valence-electron chi connectivity index (χ3n) is 3.80. The van der Waals surface area contributed by atoms with Crippen LogP contribution in [0, 0.1) is 12.7 Å². The molecule has 0 aromatic heterocycles. The molecule has 2 rings (SSSR count). The molecule has 0 radical (unpaired) electrons. The highest BCUT2D eigenvalue weighted by Crippen LogP contribution is 2.09. The number of nitrogens with one attached hydrogen (secondary N) is 3. The van der Waals surface area contributed by atoms with Gasteiger partial charge in [-0.1, -0.05) is 24.3 Å². The third kappa shape index (κ3) is 5.31. The second-order valence-corrected chi connectivity index (χ2v) is 5.64. The van der Waals surface area contributed by atoms with Crippen LogP contribution in [-0.4, -0.2) is 26.0 Å². The standard InChI is InChI=1S/C19H23FN4O/c1-13-7-8-15(10-17(13)20)12-24-19(22-3)23-11-14-5-4-6-16(9-14)18(25)21-2/h4-10H,11-12H2,1-3H3,(H,21,25)(H2,22,23,24). The van der Waals surface area contributed by atoms with E-state index in [1.165, 1.54) is 6.07 Å². The summed E-state index contributed by atoms with van der Waals surface area (Å²) in [5.41, 5.74) is 3.04. The van der Waals surface area contributed by atoms with Gasteiger partial charge in [-0.3, -0.25) is 9.79 Å². The summed E-state index contributed by atoms with van der Waals surface area (Å²) in [6.45, 7) is 2.72. The minimum absolute atomic E-state index is 0.120. The number of hydrogen-bond donors (Lipinski definition) is 3. The second-order valence-electron chi connectivity index (χ2n) is 5.64. The number of rotatable bonds is 5. The van der Waals surface area contributed by atoms with Crippen LogP contribution in [0.2, 0.25) is 0 Å². The van der Waals surface area contributed by atoms with Gasteiger partial charge in [0.05, 0.1) is 0 Å². The molecule has 3 N–H and O–H groups in total. The average molecular weight is 342 g/mol. The number of aliphatic imine (C=N–C) groups is 1. The van der Waals surface area contributed by atoms with E-state index in [1.54, 1.807) is 33.2 Å². The Morgan fingerprint density at radius 3 is 2.36 bits per heavy atom. The van der Waals surface area contributed by atoms with Crippen molar-refractivity contribution in [3.8, 4) is 0 Å².